The molecular formula is C71H122O6. The molecule has 0 aromatic carbocycles. The van der Waals surface area contributed by atoms with E-state index >= 15 is 0 Å². The molecule has 0 saturated heterocycles. The summed E-state index contributed by atoms with van der Waals surface area (Å²) in [6.07, 6.45) is 87.1. The van der Waals surface area contributed by atoms with Crippen molar-refractivity contribution in [1.29, 1.82) is 0 Å². The number of carbonyl (C=O) groups excluding carboxylic acids is 3. The van der Waals surface area contributed by atoms with Gasteiger partial charge in [-0.2, -0.15) is 0 Å². The summed E-state index contributed by atoms with van der Waals surface area (Å²) in [6, 6.07) is 0. The van der Waals surface area contributed by atoms with Crippen LogP contribution in [0.2, 0.25) is 0 Å². The molecule has 0 aliphatic heterocycles. The first kappa shape index (κ1) is 73.3. The van der Waals surface area contributed by atoms with Crippen LogP contribution in [-0.4, -0.2) is 37.2 Å². The number of allylic oxidation sites excluding steroid dienone is 16. The zero-order valence-corrected chi connectivity index (χ0v) is 50.7. The topological polar surface area (TPSA) is 78.9 Å². The van der Waals surface area contributed by atoms with Crippen LogP contribution in [0.25, 0.3) is 0 Å². The maximum absolute atomic E-state index is 12.9. The predicted molar refractivity (Wildman–Crippen MR) is 334 cm³/mol. The van der Waals surface area contributed by atoms with Crippen LogP contribution in [0.4, 0.5) is 0 Å². The Bertz CT molecular complexity index is 1510. The van der Waals surface area contributed by atoms with Gasteiger partial charge < -0.3 is 14.2 Å². The van der Waals surface area contributed by atoms with Crippen LogP contribution in [0.15, 0.2) is 97.2 Å². The monoisotopic (exact) mass is 1070 g/mol. The molecule has 6 nitrogen and oxygen atoms in total. The highest BCUT2D eigenvalue weighted by atomic mass is 16.6. The maximum Gasteiger partial charge on any atom is 0.306 e. The van der Waals surface area contributed by atoms with E-state index < -0.39 is 6.10 Å². The third-order valence-electron chi connectivity index (χ3n) is 14.1. The predicted octanol–water partition coefficient (Wildman–Crippen LogP) is 22.4. The summed E-state index contributed by atoms with van der Waals surface area (Å²) in [6.45, 7) is 6.46. The summed E-state index contributed by atoms with van der Waals surface area (Å²) in [5, 5.41) is 0. The summed E-state index contributed by atoms with van der Waals surface area (Å²) in [7, 11) is 0. The van der Waals surface area contributed by atoms with Crippen LogP contribution >= 0.6 is 0 Å². The minimum atomic E-state index is -0.795. The van der Waals surface area contributed by atoms with Crippen LogP contribution < -0.4 is 0 Å². The highest BCUT2D eigenvalue weighted by Gasteiger charge is 2.19. The number of esters is 3. The second-order valence-electron chi connectivity index (χ2n) is 21.6. The molecule has 0 fully saturated rings. The van der Waals surface area contributed by atoms with Gasteiger partial charge in [0.05, 0.1) is 0 Å². The van der Waals surface area contributed by atoms with Crippen molar-refractivity contribution in [3.8, 4) is 0 Å². The lowest BCUT2D eigenvalue weighted by atomic mass is 10.0. The van der Waals surface area contributed by atoms with Gasteiger partial charge in [0.1, 0.15) is 13.2 Å². The normalized spacial score (nSPS) is 12.7. The maximum atomic E-state index is 12.9. The fourth-order valence-corrected chi connectivity index (χ4v) is 9.19. The first-order valence-corrected chi connectivity index (χ1v) is 32.7. The van der Waals surface area contributed by atoms with E-state index in [-0.39, 0.29) is 31.1 Å². The van der Waals surface area contributed by atoms with E-state index in [0.29, 0.717) is 19.3 Å². The van der Waals surface area contributed by atoms with Gasteiger partial charge in [0, 0.05) is 19.3 Å². The molecule has 0 saturated carbocycles. The number of ether oxygens (including phenoxy) is 3. The van der Waals surface area contributed by atoms with Gasteiger partial charge in [-0.25, -0.2) is 0 Å². The van der Waals surface area contributed by atoms with Gasteiger partial charge in [-0.3, -0.25) is 14.4 Å². The molecule has 1 atom stereocenters. The van der Waals surface area contributed by atoms with Crippen molar-refractivity contribution in [2.24, 2.45) is 0 Å². The van der Waals surface area contributed by atoms with Crippen LogP contribution in [0.5, 0.6) is 0 Å². The molecular weight excluding hydrogens is 949 g/mol. The van der Waals surface area contributed by atoms with Gasteiger partial charge >= 0.3 is 17.9 Å². The molecule has 442 valence electrons. The second kappa shape index (κ2) is 64.9. The first-order valence-electron chi connectivity index (χ1n) is 32.7. The van der Waals surface area contributed by atoms with Crippen LogP contribution in [0.3, 0.4) is 0 Å². The number of hydrogen-bond acceptors (Lipinski definition) is 6. The molecule has 0 N–H and O–H groups in total. The molecule has 0 aliphatic rings. The van der Waals surface area contributed by atoms with Gasteiger partial charge in [0.25, 0.3) is 0 Å². The lowest BCUT2D eigenvalue weighted by Gasteiger charge is -2.18. The molecule has 0 amide bonds. The Labute approximate surface area is 477 Å². The first-order chi connectivity index (χ1) is 38.0. The SMILES string of the molecule is CC/C=C\C/C=C\C/C=C\C/C=C\C/C=C\C/C=C\CCCCCCC(=O)OCC(COC(=O)CCCCCCC/C=C\C/C=C\CCC)OC(=O)CCCCCCCCCCCCCCCCCCCCCCCCC. The summed E-state index contributed by atoms with van der Waals surface area (Å²) < 4.78 is 16.9. The molecule has 0 heterocycles. The van der Waals surface area contributed by atoms with E-state index in [2.05, 4.69) is 118 Å². The summed E-state index contributed by atoms with van der Waals surface area (Å²) in [5.41, 5.74) is 0. The third kappa shape index (κ3) is 63.0. The van der Waals surface area contributed by atoms with E-state index in [0.717, 1.165) is 141 Å². The van der Waals surface area contributed by atoms with E-state index in [1.807, 2.05) is 0 Å². The molecule has 0 aliphatic carbocycles. The minimum Gasteiger partial charge on any atom is -0.462 e. The van der Waals surface area contributed by atoms with Gasteiger partial charge in [-0.15, -0.1) is 0 Å². The van der Waals surface area contributed by atoms with E-state index in [1.54, 1.807) is 0 Å². The lowest BCUT2D eigenvalue weighted by molar-refractivity contribution is -0.167. The number of hydrogen-bond donors (Lipinski definition) is 0. The quantitative estimate of drug-likeness (QED) is 0.0261. The average Bonchev–Trinajstić information content (AvgIpc) is 3.43. The Hall–Kier alpha value is -3.67. The third-order valence-corrected chi connectivity index (χ3v) is 14.1. The van der Waals surface area contributed by atoms with Gasteiger partial charge in [0.2, 0.25) is 0 Å². The molecule has 0 spiro atoms. The van der Waals surface area contributed by atoms with Gasteiger partial charge in [-0.1, -0.05) is 298 Å². The zero-order valence-electron chi connectivity index (χ0n) is 50.7. The van der Waals surface area contributed by atoms with Crippen molar-refractivity contribution < 1.29 is 28.6 Å². The standard InChI is InChI=1S/C71H122O6/c1-4-7-10-13-16-19-22-25-27-29-31-33-35-37-39-41-43-46-49-52-55-58-61-64-70(73)76-67-68(66-75-69(72)63-60-57-54-51-48-45-24-21-18-15-12-9-6-3)77-71(74)65-62-59-56-53-50-47-44-42-40-38-36-34-32-30-28-26-23-20-17-14-11-8-5-2/h7,10,12,15-16,19,21,24-25,27,31,33,37,39,43,46,68H,4-6,8-9,11,13-14,17-18,20,22-23,26,28-30,32,34-36,38,40-42,44-45,47-67H2,1-3H3/b10-7-,15-12-,19-16-,24-21-,27-25-,33-31-,39-37-,46-43-. The van der Waals surface area contributed by atoms with E-state index in [1.165, 1.54) is 135 Å². The van der Waals surface area contributed by atoms with Crippen molar-refractivity contribution in [2.75, 3.05) is 13.2 Å². The molecule has 1 unspecified atom stereocenters. The average molecular weight is 1070 g/mol. The van der Waals surface area contributed by atoms with Crippen molar-refractivity contribution >= 4 is 17.9 Å². The number of rotatable bonds is 59. The Balaban J connectivity index is 4.36. The minimum absolute atomic E-state index is 0.0914. The molecule has 0 aromatic rings. The van der Waals surface area contributed by atoms with Crippen molar-refractivity contribution in [2.45, 2.75) is 322 Å². The lowest BCUT2D eigenvalue weighted by Crippen LogP contribution is -2.30. The number of carbonyl (C=O) groups is 3. The van der Waals surface area contributed by atoms with Crippen LogP contribution in [0.1, 0.15) is 316 Å². The molecule has 6 heteroatoms. The number of unbranched alkanes of at least 4 members (excludes halogenated alkanes) is 32. The molecule has 0 aromatic heterocycles. The molecule has 0 radical (unpaired) electrons. The van der Waals surface area contributed by atoms with Crippen LogP contribution in [0, 0.1) is 0 Å². The smallest absolute Gasteiger partial charge is 0.306 e. The Morgan fingerprint density at radius 3 is 0.844 bits per heavy atom. The van der Waals surface area contributed by atoms with E-state index in [4.69, 9.17) is 14.2 Å². The van der Waals surface area contributed by atoms with Crippen molar-refractivity contribution in [3.05, 3.63) is 97.2 Å². The Kier molecular flexibility index (Phi) is 61.8. The summed E-state index contributed by atoms with van der Waals surface area (Å²) in [4.78, 5) is 38.3. The molecule has 0 rings (SSSR count). The second-order valence-corrected chi connectivity index (χ2v) is 21.6. The fourth-order valence-electron chi connectivity index (χ4n) is 9.19. The summed E-state index contributed by atoms with van der Waals surface area (Å²) in [5.74, 6) is -0.918. The fraction of sp³-hybridized carbons (Fsp3) is 0.732. The molecule has 77 heavy (non-hydrogen) atoms. The highest BCUT2D eigenvalue weighted by molar-refractivity contribution is 5.71. The van der Waals surface area contributed by atoms with Crippen molar-refractivity contribution in [3.63, 3.8) is 0 Å². The molecule has 0 bridgehead atoms. The van der Waals surface area contributed by atoms with E-state index in [9.17, 15) is 14.4 Å². The zero-order chi connectivity index (χ0) is 55.7. The van der Waals surface area contributed by atoms with Gasteiger partial charge in [-0.05, 0) is 96.3 Å². The highest BCUT2D eigenvalue weighted by Crippen LogP contribution is 2.17. The van der Waals surface area contributed by atoms with Crippen LogP contribution in [-0.2, 0) is 28.6 Å². The van der Waals surface area contributed by atoms with Crippen molar-refractivity contribution in [1.82, 2.24) is 0 Å². The summed E-state index contributed by atoms with van der Waals surface area (Å²) >= 11 is 0. The Morgan fingerprint density at radius 1 is 0.273 bits per heavy atom. The van der Waals surface area contributed by atoms with Gasteiger partial charge in [0.15, 0.2) is 6.10 Å². The Morgan fingerprint density at radius 2 is 0.532 bits per heavy atom. The largest absolute Gasteiger partial charge is 0.462 e.